The predicted octanol–water partition coefficient (Wildman–Crippen LogP) is 3.56. The second-order valence-corrected chi connectivity index (χ2v) is 4.23. The molecule has 0 aliphatic carbocycles. The van der Waals surface area contributed by atoms with Gasteiger partial charge in [0.25, 0.3) is 0 Å². The van der Waals surface area contributed by atoms with Gasteiger partial charge in [-0.1, -0.05) is 29.3 Å². The molecule has 0 heterocycles. The van der Waals surface area contributed by atoms with Gasteiger partial charge in [0, 0.05) is 10.0 Å². The smallest absolute Gasteiger partial charge is 0.211 e. The number of rotatable bonds is 2. The van der Waals surface area contributed by atoms with E-state index in [-0.39, 0.29) is 0 Å². The quantitative estimate of drug-likeness (QED) is 0.564. The molecule has 2 nitrogen and oxygen atoms in total. The molecule has 1 aromatic rings. The minimum absolute atomic E-state index is 0.501. The van der Waals surface area contributed by atoms with Gasteiger partial charge in [-0.3, -0.25) is 0 Å². The maximum Gasteiger partial charge on any atom is 0.235 e. The molecule has 0 saturated carbocycles. The normalized spacial score (nSPS) is 10.9. The molecule has 1 aromatic carbocycles. The highest BCUT2D eigenvalue weighted by molar-refractivity contribution is 6.35. The van der Waals surface area contributed by atoms with E-state index in [1.165, 1.54) is 6.08 Å². The predicted molar refractivity (Wildman–Crippen MR) is 57.6 cm³/mol. The number of hydrogen-bond donors (Lipinski definition) is 0. The van der Waals surface area contributed by atoms with Crippen molar-refractivity contribution in [3.8, 4) is 0 Å². The first-order valence-corrected chi connectivity index (χ1v) is 4.77. The standard InChI is InChI=1S/C10H9Cl2NO/c1-10(2,13-6-14)8-4-3-7(11)5-9(8)12/h3-5H,1-2H3. The Morgan fingerprint density at radius 3 is 2.50 bits per heavy atom. The van der Waals surface area contributed by atoms with E-state index in [0.717, 1.165) is 5.56 Å². The molecule has 4 heteroatoms. The molecule has 0 aromatic heterocycles. The molecule has 0 radical (unpaired) electrons. The molecule has 0 aliphatic rings. The summed E-state index contributed by atoms with van der Waals surface area (Å²) in [5, 5.41) is 1.06. The molecule has 0 atom stereocenters. The van der Waals surface area contributed by atoms with Crippen molar-refractivity contribution in [3.63, 3.8) is 0 Å². The molecule has 0 unspecified atom stereocenters. The summed E-state index contributed by atoms with van der Waals surface area (Å²) in [6.45, 7) is 3.57. The SMILES string of the molecule is CC(C)(N=C=O)c1ccc(Cl)cc1Cl. The van der Waals surface area contributed by atoms with Crippen molar-refractivity contribution in [2.24, 2.45) is 4.99 Å². The van der Waals surface area contributed by atoms with Gasteiger partial charge in [-0.05, 0) is 31.5 Å². The van der Waals surface area contributed by atoms with Crippen LogP contribution in [0.1, 0.15) is 19.4 Å². The molecule has 0 N–H and O–H groups in total. The molecule has 0 aliphatic heterocycles. The van der Waals surface area contributed by atoms with Gasteiger partial charge in [0.1, 0.15) is 0 Å². The van der Waals surface area contributed by atoms with Crippen LogP contribution in [-0.2, 0) is 10.3 Å². The van der Waals surface area contributed by atoms with Crippen LogP contribution >= 0.6 is 23.2 Å². The Bertz CT molecular complexity index is 395. The number of carbonyl (C=O) groups excluding carboxylic acids is 1. The minimum Gasteiger partial charge on any atom is -0.211 e. The van der Waals surface area contributed by atoms with Gasteiger partial charge in [0.15, 0.2) is 0 Å². The molecular formula is C10H9Cl2NO. The molecule has 0 fully saturated rings. The van der Waals surface area contributed by atoms with Gasteiger partial charge < -0.3 is 0 Å². The van der Waals surface area contributed by atoms with Crippen LogP contribution in [0.2, 0.25) is 10.0 Å². The lowest BCUT2D eigenvalue weighted by Crippen LogP contribution is -2.13. The minimum atomic E-state index is -0.663. The van der Waals surface area contributed by atoms with Gasteiger partial charge in [-0.15, -0.1) is 0 Å². The second-order valence-electron chi connectivity index (χ2n) is 3.39. The van der Waals surface area contributed by atoms with Crippen molar-refractivity contribution < 1.29 is 4.79 Å². The van der Waals surface area contributed by atoms with Crippen LogP contribution in [0.4, 0.5) is 0 Å². The van der Waals surface area contributed by atoms with Crippen molar-refractivity contribution in [1.29, 1.82) is 0 Å². The van der Waals surface area contributed by atoms with E-state index in [0.29, 0.717) is 10.0 Å². The summed E-state index contributed by atoms with van der Waals surface area (Å²) in [5.74, 6) is 0. The Labute approximate surface area is 92.6 Å². The third-order valence-electron chi connectivity index (χ3n) is 1.92. The maximum absolute atomic E-state index is 10.2. The summed E-state index contributed by atoms with van der Waals surface area (Å²) >= 11 is 11.7. The van der Waals surface area contributed by atoms with E-state index in [2.05, 4.69) is 4.99 Å². The van der Waals surface area contributed by atoms with E-state index in [9.17, 15) is 4.79 Å². The Morgan fingerprint density at radius 2 is 2.00 bits per heavy atom. The van der Waals surface area contributed by atoms with Crippen molar-refractivity contribution >= 4 is 29.3 Å². The summed E-state index contributed by atoms with van der Waals surface area (Å²) in [6.07, 6.45) is 1.53. The van der Waals surface area contributed by atoms with Crippen molar-refractivity contribution in [2.75, 3.05) is 0 Å². The summed E-state index contributed by atoms with van der Waals surface area (Å²) in [7, 11) is 0. The Balaban J connectivity index is 3.25. The van der Waals surface area contributed by atoms with Gasteiger partial charge >= 0.3 is 0 Å². The maximum atomic E-state index is 10.2. The van der Waals surface area contributed by atoms with Crippen molar-refractivity contribution in [3.05, 3.63) is 33.8 Å². The van der Waals surface area contributed by atoms with Crippen LogP contribution in [-0.4, -0.2) is 6.08 Å². The highest BCUT2D eigenvalue weighted by Gasteiger charge is 2.22. The number of isocyanates is 1. The number of benzene rings is 1. The number of halogens is 2. The first-order chi connectivity index (χ1) is 6.47. The number of nitrogens with zero attached hydrogens (tertiary/aromatic N) is 1. The molecule has 0 spiro atoms. The van der Waals surface area contributed by atoms with Crippen LogP contribution in [0.15, 0.2) is 23.2 Å². The fraction of sp³-hybridized carbons (Fsp3) is 0.300. The largest absolute Gasteiger partial charge is 0.235 e. The number of hydrogen-bond acceptors (Lipinski definition) is 2. The molecule has 1 rings (SSSR count). The molecule has 0 bridgehead atoms. The van der Waals surface area contributed by atoms with Gasteiger partial charge in [-0.2, -0.15) is 4.99 Å². The molecular weight excluding hydrogens is 221 g/mol. The molecule has 0 saturated heterocycles. The summed E-state index contributed by atoms with van der Waals surface area (Å²) in [6, 6.07) is 5.09. The highest BCUT2D eigenvalue weighted by Crippen LogP contribution is 2.32. The lowest BCUT2D eigenvalue weighted by Gasteiger charge is -2.19. The van der Waals surface area contributed by atoms with Gasteiger partial charge in [0.2, 0.25) is 6.08 Å². The zero-order valence-corrected chi connectivity index (χ0v) is 9.36. The van der Waals surface area contributed by atoms with Gasteiger partial charge in [0.05, 0.1) is 5.54 Å². The van der Waals surface area contributed by atoms with Crippen LogP contribution in [0.5, 0.6) is 0 Å². The van der Waals surface area contributed by atoms with E-state index in [1.54, 1.807) is 32.0 Å². The lowest BCUT2D eigenvalue weighted by atomic mass is 9.95. The van der Waals surface area contributed by atoms with Gasteiger partial charge in [-0.25, -0.2) is 4.79 Å². The second kappa shape index (κ2) is 4.14. The van der Waals surface area contributed by atoms with Crippen molar-refractivity contribution in [2.45, 2.75) is 19.4 Å². The number of aliphatic imine (C=N–C) groups is 1. The first kappa shape index (κ1) is 11.3. The van der Waals surface area contributed by atoms with E-state index in [4.69, 9.17) is 23.2 Å². The van der Waals surface area contributed by atoms with Crippen LogP contribution in [0.3, 0.4) is 0 Å². The topological polar surface area (TPSA) is 29.4 Å². The average Bonchev–Trinajstić information content (AvgIpc) is 2.02. The Kier molecular flexibility index (Phi) is 3.33. The van der Waals surface area contributed by atoms with Crippen LogP contribution in [0.25, 0.3) is 0 Å². The zero-order valence-electron chi connectivity index (χ0n) is 7.84. The fourth-order valence-electron chi connectivity index (χ4n) is 1.16. The summed E-state index contributed by atoms with van der Waals surface area (Å²) in [5.41, 5.74) is 0.0931. The Morgan fingerprint density at radius 1 is 1.36 bits per heavy atom. The molecule has 0 amide bonds. The third kappa shape index (κ3) is 2.36. The van der Waals surface area contributed by atoms with Crippen LogP contribution < -0.4 is 0 Å². The highest BCUT2D eigenvalue weighted by atomic mass is 35.5. The monoisotopic (exact) mass is 229 g/mol. The first-order valence-electron chi connectivity index (χ1n) is 4.02. The summed E-state index contributed by atoms with van der Waals surface area (Å²) < 4.78 is 0. The molecule has 14 heavy (non-hydrogen) atoms. The van der Waals surface area contributed by atoms with Crippen molar-refractivity contribution in [1.82, 2.24) is 0 Å². The van der Waals surface area contributed by atoms with E-state index in [1.807, 2.05) is 0 Å². The van der Waals surface area contributed by atoms with E-state index < -0.39 is 5.54 Å². The summed E-state index contributed by atoms with van der Waals surface area (Å²) in [4.78, 5) is 13.9. The van der Waals surface area contributed by atoms with Crippen LogP contribution in [0, 0.1) is 0 Å². The molecule has 74 valence electrons. The zero-order chi connectivity index (χ0) is 10.8. The average molecular weight is 230 g/mol. The van der Waals surface area contributed by atoms with E-state index >= 15 is 0 Å². The fourth-order valence-corrected chi connectivity index (χ4v) is 1.80. The third-order valence-corrected chi connectivity index (χ3v) is 2.46. The Hall–Kier alpha value is -0.820. The lowest BCUT2D eigenvalue weighted by molar-refractivity contribution is 0.523.